The maximum Gasteiger partial charge on any atom is 0.260 e. The lowest BCUT2D eigenvalue weighted by Crippen LogP contribution is -2.51. The first-order valence-corrected chi connectivity index (χ1v) is 9.52. The van der Waals surface area contributed by atoms with Crippen molar-refractivity contribution in [2.45, 2.75) is 12.8 Å². The van der Waals surface area contributed by atoms with Gasteiger partial charge in [0.15, 0.2) is 6.61 Å². The number of hydrogen-bond donors (Lipinski definition) is 0. The molecule has 2 amide bonds. The first kappa shape index (κ1) is 19.7. The number of ether oxygens (including phenoxy) is 2. The van der Waals surface area contributed by atoms with Gasteiger partial charge in [0, 0.05) is 32.6 Å². The summed E-state index contributed by atoms with van der Waals surface area (Å²) in [5.74, 6) is 1.58. The fraction of sp³-hybridized carbons (Fsp3) is 0.364. The van der Waals surface area contributed by atoms with Gasteiger partial charge in [0.25, 0.3) is 5.91 Å². The summed E-state index contributed by atoms with van der Waals surface area (Å²) in [7, 11) is 1.64. The van der Waals surface area contributed by atoms with Gasteiger partial charge in [-0.1, -0.05) is 30.3 Å². The second-order valence-corrected chi connectivity index (χ2v) is 6.71. The Kier molecular flexibility index (Phi) is 6.89. The first-order chi connectivity index (χ1) is 13.7. The van der Waals surface area contributed by atoms with E-state index in [1.165, 1.54) is 0 Å². The minimum atomic E-state index is -0.0471. The third-order valence-corrected chi connectivity index (χ3v) is 4.88. The van der Waals surface area contributed by atoms with Crippen molar-refractivity contribution in [3.8, 4) is 11.5 Å². The lowest BCUT2D eigenvalue weighted by Gasteiger charge is -2.34. The number of carbonyl (C=O) groups excluding carboxylic acids is 2. The van der Waals surface area contributed by atoms with Crippen LogP contribution in [0.2, 0.25) is 0 Å². The van der Waals surface area contributed by atoms with Crippen molar-refractivity contribution in [2.24, 2.45) is 0 Å². The molecule has 1 aliphatic heterocycles. The van der Waals surface area contributed by atoms with Gasteiger partial charge in [-0.05, 0) is 36.2 Å². The van der Waals surface area contributed by atoms with Gasteiger partial charge in [-0.15, -0.1) is 0 Å². The second kappa shape index (κ2) is 9.78. The molecule has 0 aromatic heterocycles. The van der Waals surface area contributed by atoms with Crippen LogP contribution in [0, 0.1) is 0 Å². The minimum absolute atomic E-state index is 0.0232. The number of hydrogen-bond acceptors (Lipinski definition) is 4. The van der Waals surface area contributed by atoms with E-state index in [0.717, 1.165) is 11.3 Å². The molecule has 2 aromatic carbocycles. The largest absolute Gasteiger partial charge is 0.497 e. The molecule has 0 bridgehead atoms. The Morgan fingerprint density at radius 3 is 2.04 bits per heavy atom. The Balaban J connectivity index is 1.38. The fourth-order valence-corrected chi connectivity index (χ4v) is 3.16. The predicted molar refractivity (Wildman–Crippen MR) is 106 cm³/mol. The summed E-state index contributed by atoms with van der Waals surface area (Å²) in [5.41, 5.74) is 1.11. The topological polar surface area (TPSA) is 59.1 Å². The summed E-state index contributed by atoms with van der Waals surface area (Å²) >= 11 is 0. The summed E-state index contributed by atoms with van der Waals surface area (Å²) in [4.78, 5) is 28.4. The molecule has 1 saturated heterocycles. The van der Waals surface area contributed by atoms with Crippen LogP contribution in [0.15, 0.2) is 54.6 Å². The molecule has 0 atom stereocenters. The molecule has 1 heterocycles. The molecule has 1 fully saturated rings. The molecule has 6 nitrogen and oxygen atoms in total. The monoisotopic (exact) mass is 382 g/mol. The molecule has 2 aromatic rings. The smallest absolute Gasteiger partial charge is 0.260 e. The molecule has 148 valence electrons. The SMILES string of the molecule is COc1ccc(CCC(=O)N2CCN(C(=O)COc3ccccc3)CC2)cc1. The molecule has 0 saturated carbocycles. The lowest BCUT2D eigenvalue weighted by atomic mass is 10.1. The number of para-hydroxylation sites is 1. The van der Waals surface area contributed by atoms with Crippen molar-refractivity contribution in [3.05, 3.63) is 60.2 Å². The van der Waals surface area contributed by atoms with Gasteiger partial charge in [0.05, 0.1) is 7.11 Å². The average Bonchev–Trinajstić information content (AvgIpc) is 2.77. The quantitative estimate of drug-likeness (QED) is 0.738. The highest BCUT2D eigenvalue weighted by Gasteiger charge is 2.24. The normalized spacial score (nSPS) is 13.9. The van der Waals surface area contributed by atoms with Gasteiger partial charge < -0.3 is 19.3 Å². The van der Waals surface area contributed by atoms with E-state index < -0.39 is 0 Å². The van der Waals surface area contributed by atoms with Crippen molar-refractivity contribution in [1.82, 2.24) is 9.80 Å². The van der Waals surface area contributed by atoms with Gasteiger partial charge in [-0.3, -0.25) is 9.59 Å². The van der Waals surface area contributed by atoms with Gasteiger partial charge >= 0.3 is 0 Å². The van der Waals surface area contributed by atoms with E-state index in [9.17, 15) is 9.59 Å². The van der Waals surface area contributed by atoms with Crippen molar-refractivity contribution < 1.29 is 19.1 Å². The first-order valence-electron chi connectivity index (χ1n) is 9.52. The maximum absolute atomic E-state index is 12.5. The summed E-state index contributed by atoms with van der Waals surface area (Å²) in [5, 5.41) is 0. The minimum Gasteiger partial charge on any atom is -0.497 e. The van der Waals surface area contributed by atoms with E-state index in [-0.39, 0.29) is 18.4 Å². The van der Waals surface area contributed by atoms with E-state index in [1.54, 1.807) is 12.0 Å². The van der Waals surface area contributed by atoms with E-state index in [2.05, 4.69) is 0 Å². The summed E-state index contributed by atoms with van der Waals surface area (Å²) in [6, 6.07) is 17.1. The fourth-order valence-electron chi connectivity index (χ4n) is 3.16. The Bertz CT molecular complexity index is 769. The van der Waals surface area contributed by atoms with Gasteiger partial charge in [0.2, 0.25) is 5.91 Å². The Morgan fingerprint density at radius 1 is 0.821 bits per heavy atom. The second-order valence-electron chi connectivity index (χ2n) is 6.71. The number of carbonyl (C=O) groups is 2. The number of benzene rings is 2. The van der Waals surface area contributed by atoms with Gasteiger partial charge in [-0.25, -0.2) is 0 Å². The van der Waals surface area contributed by atoms with E-state index in [1.807, 2.05) is 59.5 Å². The third kappa shape index (κ3) is 5.49. The van der Waals surface area contributed by atoms with Crippen molar-refractivity contribution >= 4 is 11.8 Å². The Hall–Kier alpha value is -3.02. The molecule has 3 rings (SSSR count). The van der Waals surface area contributed by atoms with Crippen LogP contribution in [-0.2, 0) is 16.0 Å². The van der Waals surface area contributed by atoms with Crippen molar-refractivity contribution in [2.75, 3.05) is 39.9 Å². The predicted octanol–water partition coefficient (Wildman–Crippen LogP) is 2.38. The molecule has 0 unspecified atom stereocenters. The zero-order chi connectivity index (χ0) is 19.8. The van der Waals surface area contributed by atoms with E-state index >= 15 is 0 Å². The molecular formula is C22H26N2O4. The van der Waals surface area contributed by atoms with Gasteiger partial charge in [-0.2, -0.15) is 0 Å². The number of piperazine rings is 1. The maximum atomic E-state index is 12.5. The van der Waals surface area contributed by atoms with Crippen LogP contribution in [0.1, 0.15) is 12.0 Å². The van der Waals surface area contributed by atoms with Crippen LogP contribution < -0.4 is 9.47 Å². The molecule has 28 heavy (non-hydrogen) atoms. The van der Waals surface area contributed by atoms with Crippen LogP contribution >= 0.6 is 0 Å². The molecule has 0 spiro atoms. The number of aryl methyl sites for hydroxylation is 1. The highest BCUT2D eigenvalue weighted by atomic mass is 16.5. The molecule has 6 heteroatoms. The van der Waals surface area contributed by atoms with Crippen LogP contribution in [0.4, 0.5) is 0 Å². The number of nitrogens with zero attached hydrogens (tertiary/aromatic N) is 2. The number of methoxy groups -OCH3 is 1. The summed E-state index contributed by atoms with van der Waals surface area (Å²) < 4.78 is 10.7. The third-order valence-electron chi connectivity index (χ3n) is 4.88. The zero-order valence-electron chi connectivity index (χ0n) is 16.2. The lowest BCUT2D eigenvalue weighted by molar-refractivity contribution is -0.140. The average molecular weight is 382 g/mol. The van der Waals surface area contributed by atoms with Crippen LogP contribution in [0.5, 0.6) is 11.5 Å². The zero-order valence-corrected chi connectivity index (χ0v) is 16.2. The number of rotatable bonds is 7. The molecule has 0 aliphatic carbocycles. The highest BCUT2D eigenvalue weighted by Crippen LogP contribution is 2.14. The standard InChI is InChI=1S/C22H26N2O4/c1-27-19-10-7-18(8-11-19)9-12-21(25)23-13-15-24(16-14-23)22(26)17-28-20-5-3-2-4-6-20/h2-8,10-11H,9,12-17H2,1H3. The Labute approximate surface area is 165 Å². The van der Waals surface area contributed by atoms with Crippen LogP contribution in [0.3, 0.4) is 0 Å². The highest BCUT2D eigenvalue weighted by molar-refractivity contribution is 5.79. The summed E-state index contributed by atoms with van der Waals surface area (Å²) in [6.45, 7) is 2.25. The Morgan fingerprint density at radius 2 is 1.43 bits per heavy atom. The van der Waals surface area contributed by atoms with Crippen LogP contribution in [-0.4, -0.2) is 61.5 Å². The van der Waals surface area contributed by atoms with Crippen molar-refractivity contribution in [3.63, 3.8) is 0 Å². The number of amides is 2. The van der Waals surface area contributed by atoms with Crippen LogP contribution in [0.25, 0.3) is 0 Å². The van der Waals surface area contributed by atoms with Crippen molar-refractivity contribution in [1.29, 1.82) is 0 Å². The summed E-state index contributed by atoms with van der Waals surface area (Å²) in [6.07, 6.45) is 1.17. The molecule has 0 radical (unpaired) electrons. The van der Waals surface area contributed by atoms with Gasteiger partial charge in [0.1, 0.15) is 11.5 Å². The molecule has 0 N–H and O–H groups in total. The van der Waals surface area contributed by atoms with E-state index in [4.69, 9.17) is 9.47 Å². The molecular weight excluding hydrogens is 356 g/mol. The van der Waals surface area contributed by atoms with E-state index in [0.29, 0.717) is 44.8 Å². The molecule has 1 aliphatic rings.